The molecule has 1 saturated carbocycles. The van der Waals surface area contributed by atoms with Gasteiger partial charge in [0.2, 0.25) is 5.95 Å². The van der Waals surface area contributed by atoms with Crippen molar-refractivity contribution in [1.29, 1.82) is 0 Å². The predicted molar refractivity (Wildman–Crippen MR) is 110 cm³/mol. The van der Waals surface area contributed by atoms with Crippen LogP contribution in [0.3, 0.4) is 0 Å². The van der Waals surface area contributed by atoms with Crippen LogP contribution < -0.4 is 10.9 Å². The molecule has 0 amide bonds. The number of carbonyl (C=O) groups is 1. The van der Waals surface area contributed by atoms with Crippen molar-refractivity contribution >= 4 is 22.8 Å². The van der Waals surface area contributed by atoms with Gasteiger partial charge < -0.3 is 15.2 Å². The molecule has 2 N–H and O–H groups in total. The Morgan fingerprint density at radius 1 is 1.43 bits per heavy atom. The van der Waals surface area contributed by atoms with Crippen LogP contribution in [0.25, 0.3) is 11.0 Å². The number of hydrogen-bond donors (Lipinski definition) is 2. The minimum Gasteiger partial charge on any atom is -0.389 e. The number of carbonyl (C=O) groups excluding carboxylic acids is 1. The van der Waals surface area contributed by atoms with E-state index >= 15 is 4.39 Å². The van der Waals surface area contributed by atoms with Crippen LogP contribution in [0.1, 0.15) is 61.5 Å². The summed E-state index contributed by atoms with van der Waals surface area (Å²) in [6, 6.07) is -0.991. The molecule has 0 spiro atoms. The molecule has 0 aromatic carbocycles. The van der Waals surface area contributed by atoms with Gasteiger partial charge in [-0.25, -0.2) is 9.37 Å². The van der Waals surface area contributed by atoms with Crippen molar-refractivity contribution in [1.82, 2.24) is 14.5 Å². The summed E-state index contributed by atoms with van der Waals surface area (Å²) in [4.78, 5) is 34.4. The Morgan fingerprint density at radius 2 is 2.20 bits per heavy atom. The second-order valence-corrected chi connectivity index (χ2v) is 8.53. The number of ketones is 1. The second-order valence-electron chi connectivity index (χ2n) is 8.53. The summed E-state index contributed by atoms with van der Waals surface area (Å²) in [7, 11) is 0. The summed E-state index contributed by atoms with van der Waals surface area (Å²) in [6.45, 7) is 5.25. The van der Waals surface area contributed by atoms with E-state index in [9.17, 15) is 14.7 Å². The van der Waals surface area contributed by atoms with E-state index in [1.54, 1.807) is 13.1 Å². The van der Waals surface area contributed by atoms with Crippen molar-refractivity contribution in [3.63, 3.8) is 0 Å². The average Bonchev–Trinajstić information content (AvgIpc) is 3.02. The van der Waals surface area contributed by atoms with E-state index < -0.39 is 23.4 Å². The molecule has 30 heavy (non-hydrogen) atoms. The van der Waals surface area contributed by atoms with Crippen LogP contribution in [0.4, 0.5) is 10.3 Å². The van der Waals surface area contributed by atoms with Crippen LogP contribution in [-0.4, -0.2) is 56.5 Å². The van der Waals surface area contributed by atoms with Gasteiger partial charge in [-0.1, -0.05) is 0 Å². The number of rotatable bonds is 4. The number of pyridine rings is 1. The molecule has 9 heteroatoms. The Balaban J connectivity index is 1.89. The highest BCUT2D eigenvalue weighted by atomic mass is 19.1. The Labute approximate surface area is 173 Å². The molecule has 0 bridgehead atoms. The number of aliphatic hydroxyl groups is 1. The highest BCUT2D eigenvalue weighted by Gasteiger charge is 2.42. The van der Waals surface area contributed by atoms with Crippen LogP contribution in [0.5, 0.6) is 0 Å². The first-order chi connectivity index (χ1) is 14.2. The van der Waals surface area contributed by atoms with Crippen LogP contribution in [0, 0.1) is 6.92 Å². The molecular weight excluding hydrogens is 391 g/mol. The molecule has 3 heterocycles. The zero-order chi connectivity index (χ0) is 21.6. The lowest BCUT2D eigenvalue weighted by Crippen LogP contribution is -2.42. The topological polar surface area (TPSA) is 106 Å². The number of Topliss-reactive ketones (excluding diaryl/α,β-unsaturated/α-hetero) is 1. The molecule has 162 valence electrons. The molecule has 2 aliphatic rings. The van der Waals surface area contributed by atoms with Gasteiger partial charge in [-0.2, -0.15) is 4.98 Å². The van der Waals surface area contributed by atoms with Gasteiger partial charge in [0, 0.05) is 18.2 Å². The molecule has 4 rings (SSSR count). The number of anilines is 1. The van der Waals surface area contributed by atoms with Crippen LogP contribution >= 0.6 is 0 Å². The van der Waals surface area contributed by atoms with Crippen LogP contribution in [0.15, 0.2) is 11.0 Å². The normalized spacial score (nSPS) is 29.3. The summed E-state index contributed by atoms with van der Waals surface area (Å²) < 4.78 is 21.9. The van der Waals surface area contributed by atoms with Crippen LogP contribution in [-0.2, 0) is 4.74 Å². The number of halogens is 1. The maximum atomic E-state index is 15.3. The maximum absolute atomic E-state index is 15.3. The number of aryl methyl sites for hydroxylation is 1. The summed E-state index contributed by atoms with van der Waals surface area (Å²) in [6.07, 6.45) is 2.93. The number of hydrogen-bond acceptors (Lipinski definition) is 7. The first kappa shape index (κ1) is 20.9. The summed E-state index contributed by atoms with van der Waals surface area (Å²) in [5.74, 6) is -0.116. The summed E-state index contributed by atoms with van der Waals surface area (Å²) in [5.41, 5.74) is -1.24. The number of nitrogens with one attached hydrogen (secondary N) is 1. The zero-order valence-electron chi connectivity index (χ0n) is 17.4. The smallest absolute Gasteiger partial charge is 0.263 e. The van der Waals surface area contributed by atoms with Crippen molar-refractivity contribution in [2.75, 3.05) is 18.5 Å². The van der Waals surface area contributed by atoms with Gasteiger partial charge in [0.05, 0.1) is 30.4 Å². The van der Waals surface area contributed by atoms with Gasteiger partial charge >= 0.3 is 0 Å². The Bertz CT molecular complexity index is 1050. The van der Waals surface area contributed by atoms with E-state index in [2.05, 4.69) is 15.3 Å². The van der Waals surface area contributed by atoms with Gasteiger partial charge in [-0.3, -0.25) is 14.2 Å². The van der Waals surface area contributed by atoms with Gasteiger partial charge in [-0.15, -0.1) is 0 Å². The number of fused-ring (bicyclic) bond motifs is 1. The molecule has 2 fully saturated rings. The summed E-state index contributed by atoms with van der Waals surface area (Å²) >= 11 is 0. The highest BCUT2D eigenvalue weighted by molar-refractivity contribution is 5.99. The summed E-state index contributed by atoms with van der Waals surface area (Å²) in [5, 5.41) is 13.8. The predicted octanol–water partition coefficient (Wildman–Crippen LogP) is 2.32. The molecule has 4 atom stereocenters. The Hall–Kier alpha value is -2.39. The second kappa shape index (κ2) is 7.70. The minimum atomic E-state index is -1.57. The van der Waals surface area contributed by atoms with Gasteiger partial charge in [-0.05, 0) is 52.0 Å². The van der Waals surface area contributed by atoms with Crippen molar-refractivity contribution in [2.45, 2.75) is 70.3 Å². The van der Waals surface area contributed by atoms with E-state index in [0.717, 1.165) is 0 Å². The van der Waals surface area contributed by atoms with Gasteiger partial charge in [0.25, 0.3) is 5.56 Å². The van der Waals surface area contributed by atoms with Crippen molar-refractivity contribution in [3.8, 4) is 0 Å². The number of alkyl halides is 1. The third-order valence-electron chi connectivity index (χ3n) is 6.35. The SMILES string of the molecule is CC(=O)c1c(C)c2cnc(N[C@@H]3CCOC[C@H]3O)nc2n([C@H]2CCC[C@]2(C)F)c1=O. The molecule has 1 aliphatic heterocycles. The van der Waals surface area contributed by atoms with Crippen molar-refractivity contribution in [2.24, 2.45) is 0 Å². The quantitative estimate of drug-likeness (QED) is 0.734. The van der Waals surface area contributed by atoms with Crippen LogP contribution in [0.2, 0.25) is 0 Å². The number of ether oxygens (including phenoxy) is 1. The Kier molecular flexibility index (Phi) is 5.36. The fourth-order valence-corrected chi connectivity index (χ4v) is 4.67. The first-order valence-corrected chi connectivity index (χ1v) is 10.3. The standard InChI is InChI=1S/C21H27FN4O4/c1-11-13-9-23-20(24-14-6-8-30-10-15(14)28)25-18(13)26(19(29)17(11)12(2)27)16-5-4-7-21(16,3)22/h9,14-16,28H,4-8,10H2,1-3H3,(H,23,24,25)/t14-,15-,16+,21+/m1/s1. The van der Waals surface area contributed by atoms with Crippen molar-refractivity contribution < 1.29 is 19.0 Å². The monoisotopic (exact) mass is 418 g/mol. The van der Waals surface area contributed by atoms with E-state index in [1.807, 2.05) is 0 Å². The number of aromatic nitrogens is 3. The molecule has 1 saturated heterocycles. The lowest BCUT2D eigenvalue weighted by atomic mass is 9.99. The lowest BCUT2D eigenvalue weighted by Gasteiger charge is -2.29. The fourth-order valence-electron chi connectivity index (χ4n) is 4.67. The zero-order valence-corrected chi connectivity index (χ0v) is 17.4. The molecule has 0 radical (unpaired) electrons. The molecule has 0 unspecified atom stereocenters. The molecule has 1 aliphatic carbocycles. The minimum absolute atomic E-state index is 0.0503. The molecule has 2 aromatic heterocycles. The molecular formula is C21H27FN4O4. The van der Waals surface area contributed by atoms with Crippen molar-refractivity contribution in [3.05, 3.63) is 27.7 Å². The highest BCUT2D eigenvalue weighted by Crippen LogP contribution is 2.42. The molecule has 8 nitrogen and oxygen atoms in total. The Morgan fingerprint density at radius 3 is 2.83 bits per heavy atom. The first-order valence-electron chi connectivity index (χ1n) is 10.3. The fraction of sp³-hybridized carbons (Fsp3) is 0.619. The van der Waals surface area contributed by atoms with E-state index in [0.29, 0.717) is 48.9 Å². The average molecular weight is 418 g/mol. The largest absolute Gasteiger partial charge is 0.389 e. The number of nitrogens with zero attached hydrogens (tertiary/aromatic N) is 3. The van der Waals surface area contributed by atoms with E-state index in [1.165, 1.54) is 18.4 Å². The van der Waals surface area contributed by atoms with E-state index in [-0.39, 0.29) is 29.9 Å². The molecule has 2 aromatic rings. The maximum Gasteiger partial charge on any atom is 0.263 e. The number of aliphatic hydroxyl groups excluding tert-OH is 1. The lowest BCUT2D eigenvalue weighted by molar-refractivity contribution is -0.0136. The third kappa shape index (κ3) is 3.50. The van der Waals surface area contributed by atoms with Gasteiger partial charge in [0.1, 0.15) is 11.3 Å². The van der Waals surface area contributed by atoms with Gasteiger partial charge in [0.15, 0.2) is 5.78 Å². The van der Waals surface area contributed by atoms with E-state index in [4.69, 9.17) is 4.74 Å². The third-order valence-corrected chi connectivity index (χ3v) is 6.35.